The Morgan fingerprint density at radius 2 is 2.04 bits per heavy atom. The lowest BCUT2D eigenvalue weighted by molar-refractivity contribution is 0.137. The van der Waals surface area contributed by atoms with Gasteiger partial charge in [0.05, 0.1) is 5.69 Å². The molecular weight excluding hydrogens is 300 g/mol. The van der Waals surface area contributed by atoms with Crippen LogP contribution in [0.1, 0.15) is 17.2 Å². The molecule has 0 amide bonds. The second-order valence-corrected chi connectivity index (χ2v) is 6.22. The Bertz CT molecular complexity index is 809. The van der Waals surface area contributed by atoms with Crippen molar-refractivity contribution in [3.63, 3.8) is 0 Å². The number of pyridine rings is 1. The summed E-state index contributed by atoms with van der Waals surface area (Å²) < 4.78 is 7.67. The summed E-state index contributed by atoms with van der Waals surface area (Å²) in [5.74, 6) is 2.00. The van der Waals surface area contributed by atoms with E-state index in [1.165, 1.54) is 11.3 Å². The Kier molecular flexibility index (Phi) is 4.01. The van der Waals surface area contributed by atoms with E-state index in [0.717, 1.165) is 25.4 Å². The highest BCUT2D eigenvalue weighted by atomic mass is 16.5. The number of likely N-dealkylation sites (tertiary alicyclic amines) is 1. The van der Waals surface area contributed by atoms with Gasteiger partial charge in [0, 0.05) is 51.1 Å². The van der Waals surface area contributed by atoms with E-state index in [9.17, 15) is 0 Å². The minimum atomic E-state index is 0.555. The van der Waals surface area contributed by atoms with E-state index < -0.39 is 0 Å². The molecule has 0 atom stereocenters. The van der Waals surface area contributed by atoms with Gasteiger partial charge in [0.25, 0.3) is 0 Å². The maximum absolute atomic E-state index is 5.80. The van der Waals surface area contributed by atoms with Crippen molar-refractivity contribution < 1.29 is 4.74 Å². The van der Waals surface area contributed by atoms with E-state index >= 15 is 0 Å². The molecule has 0 spiro atoms. The number of hydrogen-bond donors (Lipinski definition) is 0. The van der Waals surface area contributed by atoms with Gasteiger partial charge in [-0.25, -0.2) is 4.98 Å². The summed E-state index contributed by atoms with van der Waals surface area (Å²) >= 11 is 0. The van der Waals surface area contributed by atoms with E-state index in [2.05, 4.69) is 33.2 Å². The number of benzene rings is 1. The molecule has 2 aromatic heterocycles. The molecule has 0 unspecified atom stereocenters. The molecule has 122 valence electrons. The van der Waals surface area contributed by atoms with E-state index in [-0.39, 0.29) is 0 Å². The molecule has 0 bridgehead atoms. The van der Waals surface area contributed by atoms with Gasteiger partial charge in [0.2, 0.25) is 5.88 Å². The standard InChI is InChI=1S/C19H20N4O/c1-22-10-8-18(21-22)16-13-23(14-16)12-15-5-4-6-17(11-15)24-19-7-2-3-9-20-19/h2-11,16H,12-14H2,1H3. The summed E-state index contributed by atoms with van der Waals surface area (Å²) in [5.41, 5.74) is 2.45. The van der Waals surface area contributed by atoms with Crippen molar-refractivity contribution in [2.75, 3.05) is 13.1 Å². The molecule has 1 saturated heterocycles. The minimum Gasteiger partial charge on any atom is -0.439 e. The van der Waals surface area contributed by atoms with Crippen LogP contribution in [-0.4, -0.2) is 32.8 Å². The highest BCUT2D eigenvalue weighted by molar-refractivity contribution is 5.31. The van der Waals surface area contributed by atoms with E-state index in [0.29, 0.717) is 11.8 Å². The topological polar surface area (TPSA) is 43.2 Å². The van der Waals surface area contributed by atoms with Gasteiger partial charge in [0.1, 0.15) is 5.75 Å². The fourth-order valence-electron chi connectivity index (χ4n) is 3.03. The van der Waals surface area contributed by atoms with Crippen LogP contribution in [0.2, 0.25) is 0 Å². The first-order valence-corrected chi connectivity index (χ1v) is 8.16. The average Bonchev–Trinajstić information content (AvgIpc) is 2.98. The number of hydrogen-bond acceptors (Lipinski definition) is 4. The molecule has 4 rings (SSSR count). The normalized spacial score (nSPS) is 15.2. The van der Waals surface area contributed by atoms with Crippen LogP contribution in [-0.2, 0) is 13.6 Å². The summed E-state index contributed by atoms with van der Waals surface area (Å²) in [5, 5.41) is 4.50. The summed E-state index contributed by atoms with van der Waals surface area (Å²) in [6.45, 7) is 3.05. The van der Waals surface area contributed by atoms with Crippen LogP contribution in [0.4, 0.5) is 0 Å². The van der Waals surface area contributed by atoms with Crippen molar-refractivity contribution in [2.24, 2.45) is 7.05 Å². The van der Waals surface area contributed by atoms with Crippen molar-refractivity contribution in [1.29, 1.82) is 0 Å². The molecule has 0 radical (unpaired) electrons. The molecule has 5 heteroatoms. The van der Waals surface area contributed by atoms with Crippen LogP contribution in [0.5, 0.6) is 11.6 Å². The molecule has 1 aliphatic heterocycles. The van der Waals surface area contributed by atoms with E-state index in [1.54, 1.807) is 6.20 Å². The van der Waals surface area contributed by atoms with Crippen molar-refractivity contribution in [3.05, 3.63) is 72.2 Å². The molecule has 1 fully saturated rings. The zero-order chi connectivity index (χ0) is 16.4. The molecule has 0 N–H and O–H groups in total. The minimum absolute atomic E-state index is 0.555. The molecule has 24 heavy (non-hydrogen) atoms. The third kappa shape index (κ3) is 3.31. The Balaban J connectivity index is 1.35. The van der Waals surface area contributed by atoms with Gasteiger partial charge in [-0.05, 0) is 29.8 Å². The fraction of sp³-hybridized carbons (Fsp3) is 0.263. The second-order valence-electron chi connectivity index (χ2n) is 6.22. The van der Waals surface area contributed by atoms with Crippen molar-refractivity contribution in [2.45, 2.75) is 12.5 Å². The van der Waals surface area contributed by atoms with Crippen LogP contribution in [0.3, 0.4) is 0 Å². The number of nitrogens with zero attached hydrogens (tertiary/aromatic N) is 4. The number of aryl methyl sites for hydroxylation is 1. The molecule has 1 aliphatic rings. The molecular formula is C19H20N4O. The molecule has 0 aliphatic carbocycles. The molecule has 1 aromatic carbocycles. The highest BCUT2D eigenvalue weighted by Crippen LogP contribution is 2.28. The predicted octanol–water partition coefficient (Wildman–Crippen LogP) is 3.21. The van der Waals surface area contributed by atoms with Crippen LogP contribution >= 0.6 is 0 Å². The lowest BCUT2D eigenvalue weighted by Crippen LogP contribution is -2.44. The largest absolute Gasteiger partial charge is 0.439 e. The van der Waals surface area contributed by atoms with Crippen LogP contribution in [0.15, 0.2) is 60.9 Å². The van der Waals surface area contributed by atoms with Crippen molar-refractivity contribution >= 4 is 0 Å². The quantitative estimate of drug-likeness (QED) is 0.724. The van der Waals surface area contributed by atoms with Gasteiger partial charge >= 0.3 is 0 Å². The number of rotatable bonds is 5. The smallest absolute Gasteiger partial charge is 0.219 e. The fourth-order valence-corrected chi connectivity index (χ4v) is 3.03. The van der Waals surface area contributed by atoms with Gasteiger partial charge in [-0.2, -0.15) is 5.10 Å². The van der Waals surface area contributed by atoms with E-state index in [4.69, 9.17) is 4.74 Å². The summed E-state index contributed by atoms with van der Waals surface area (Å²) in [7, 11) is 1.97. The zero-order valence-electron chi connectivity index (χ0n) is 13.7. The zero-order valence-corrected chi connectivity index (χ0v) is 13.7. The third-order valence-electron chi connectivity index (χ3n) is 4.27. The molecule has 3 heterocycles. The second kappa shape index (κ2) is 6.45. The maximum Gasteiger partial charge on any atom is 0.219 e. The Morgan fingerprint density at radius 3 is 2.79 bits per heavy atom. The van der Waals surface area contributed by atoms with Gasteiger partial charge in [-0.1, -0.05) is 18.2 Å². The average molecular weight is 320 g/mol. The summed E-state index contributed by atoms with van der Waals surface area (Å²) in [6, 6.07) is 16.0. The SMILES string of the molecule is Cn1ccc(C2CN(Cc3cccc(Oc4ccccn4)c3)C2)n1. The number of aromatic nitrogens is 3. The first-order valence-electron chi connectivity index (χ1n) is 8.16. The predicted molar refractivity (Wildman–Crippen MR) is 92.0 cm³/mol. The van der Waals surface area contributed by atoms with Gasteiger partial charge in [-0.15, -0.1) is 0 Å². The molecule has 3 aromatic rings. The monoisotopic (exact) mass is 320 g/mol. The molecule has 0 saturated carbocycles. The summed E-state index contributed by atoms with van der Waals surface area (Å²) in [4.78, 5) is 6.63. The Hall–Kier alpha value is -2.66. The van der Waals surface area contributed by atoms with Gasteiger partial charge in [0.15, 0.2) is 0 Å². The van der Waals surface area contributed by atoms with Crippen LogP contribution in [0.25, 0.3) is 0 Å². The summed E-state index contributed by atoms with van der Waals surface area (Å²) in [6.07, 6.45) is 3.74. The number of ether oxygens (including phenoxy) is 1. The van der Waals surface area contributed by atoms with Crippen molar-refractivity contribution in [3.8, 4) is 11.6 Å². The lowest BCUT2D eigenvalue weighted by Gasteiger charge is -2.38. The first kappa shape index (κ1) is 14.9. The lowest BCUT2D eigenvalue weighted by atomic mass is 9.96. The van der Waals surface area contributed by atoms with Crippen molar-refractivity contribution in [1.82, 2.24) is 19.7 Å². The first-order chi connectivity index (χ1) is 11.8. The Morgan fingerprint density at radius 1 is 1.12 bits per heavy atom. The maximum atomic E-state index is 5.80. The Labute approximate surface area is 141 Å². The van der Waals surface area contributed by atoms with Crippen LogP contribution in [0, 0.1) is 0 Å². The molecule has 5 nitrogen and oxygen atoms in total. The van der Waals surface area contributed by atoms with Crippen LogP contribution < -0.4 is 4.74 Å². The van der Waals surface area contributed by atoms with Gasteiger partial charge in [-0.3, -0.25) is 9.58 Å². The highest BCUT2D eigenvalue weighted by Gasteiger charge is 2.29. The third-order valence-corrected chi connectivity index (χ3v) is 4.27. The van der Waals surface area contributed by atoms with E-state index in [1.807, 2.05) is 48.3 Å². The van der Waals surface area contributed by atoms with Gasteiger partial charge < -0.3 is 4.74 Å².